The van der Waals surface area contributed by atoms with Gasteiger partial charge in [0.2, 0.25) is 10.0 Å². The fourth-order valence-corrected chi connectivity index (χ4v) is 11.2. The molecule has 0 unspecified atom stereocenters. The molecular weight excluding hydrogens is 693 g/mol. The van der Waals surface area contributed by atoms with Crippen LogP contribution in [-0.2, 0) is 31.3 Å². The molecule has 0 aromatic heterocycles. The summed E-state index contributed by atoms with van der Waals surface area (Å²) in [6.07, 6.45) is 6.40. The summed E-state index contributed by atoms with van der Waals surface area (Å²) in [6.45, 7) is 7.58. The quantitative estimate of drug-likeness (QED) is 0.394. The molecule has 8 rings (SSSR count). The van der Waals surface area contributed by atoms with E-state index in [1.807, 2.05) is 25.1 Å². The van der Waals surface area contributed by atoms with Gasteiger partial charge in [0.15, 0.2) is 6.29 Å². The number of carbonyl (C=O) groups is 1. The molecule has 278 valence electrons. The first-order chi connectivity index (χ1) is 24.5. The van der Waals surface area contributed by atoms with Crippen molar-refractivity contribution < 1.29 is 31.8 Å². The Hall–Kier alpha value is -2.44. The van der Waals surface area contributed by atoms with Gasteiger partial charge in [-0.1, -0.05) is 31.0 Å². The number of fused-ring (bicyclic) bond motifs is 4. The Balaban J connectivity index is 1.13. The van der Waals surface area contributed by atoms with Gasteiger partial charge in [-0.2, -0.15) is 0 Å². The van der Waals surface area contributed by atoms with Crippen LogP contribution in [-0.4, -0.2) is 89.0 Å². The van der Waals surface area contributed by atoms with Crippen molar-refractivity contribution in [2.75, 3.05) is 50.9 Å². The Morgan fingerprint density at radius 2 is 1.76 bits per heavy atom. The Morgan fingerprint density at radius 3 is 2.51 bits per heavy atom. The number of rotatable bonds is 2. The van der Waals surface area contributed by atoms with Gasteiger partial charge in [-0.25, -0.2) is 17.5 Å². The lowest BCUT2D eigenvalue weighted by Gasteiger charge is -2.50. The van der Waals surface area contributed by atoms with E-state index in [2.05, 4.69) is 26.7 Å². The second-order valence-electron chi connectivity index (χ2n) is 16.3. The van der Waals surface area contributed by atoms with Crippen molar-refractivity contribution in [3.63, 3.8) is 0 Å². The van der Waals surface area contributed by atoms with E-state index in [1.165, 1.54) is 11.1 Å². The number of carbonyl (C=O) groups excluding carboxylic acids is 1. The standard InChI is InChI=1S/C39H51ClFN3O6S/c1-24-5-3-7-33(38-48-20-31(21-49-38)43-18-30(41)19-43)32-11-8-28(32)17-44-22-39(14-4-6-26-15-29(40)10-12-34(26)39)23-50-36-13-9-27(16-35(36)44)37(45)42-51(46,47)25(24)2/h9-10,12-13,15-16,24-25,28,30-33,38H,3-8,11,14,17-23H2,1-2H3,(H,42,45)/t24-,25+,28-,31?,32+,33-,38?,39-/m0/s1. The average Bonchev–Trinajstić information content (AvgIpc) is 3.24. The van der Waals surface area contributed by atoms with Crippen molar-refractivity contribution in [2.24, 2.45) is 23.7 Å². The number of benzene rings is 2. The fourth-order valence-electron chi connectivity index (χ4n) is 9.69. The molecule has 6 aliphatic rings. The molecule has 1 saturated carbocycles. The third-order valence-corrected chi connectivity index (χ3v) is 15.3. The molecule has 1 amide bonds. The molecule has 9 nitrogen and oxygen atoms in total. The lowest BCUT2D eigenvalue weighted by Crippen LogP contribution is -2.59. The van der Waals surface area contributed by atoms with Gasteiger partial charge in [0.05, 0.1) is 36.8 Å². The highest BCUT2D eigenvalue weighted by Crippen LogP contribution is 2.49. The number of hydrogen-bond donors (Lipinski definition) is 1. The molecule has 0 radical (unpaired) electrons. The first-order valence-electron chi connectivity index (χ1n) is 19.0. The van der Waals surface area contributed by atoms with Crippen molar-refractivity contribution in [1.82, 2.24) is 9.62 Å². The number of ether oxygens (including phenoxy) is 3. The van der Waals surface area contributed by atoms with Crippen molar-refractivity contribution in [3.8, 4) is 5.75 Å². The van der Waals surface area contributed by atoms with Gasteiger partial charge in [0, 0.05) is 48.1 Å². The summed E-state index contributed by atoms with van der Waals surface area (Å²) in [4.78, 5) is 18.1. The Morgan fingerprint density at radius 1 is 0.961 bits per heavy atom. The Kier molecular flexibility index (Phi) is 9.83. The predicted molar refractivity (Wildman–Crippen MR) is 195 cm³/mol. The number of hydrogen-bond acceptors (Lipinski definition) is 8. The molecule has 2 aromatic rings. The number of sulfonamides is 1. The number of aryl methyl sites for hydroxylation is 1. The van der Waals surface area contributed by atoms with Gasteiger partial charge in [-0.15, -0.1) is 0 Å². The number of alkyl halides is 1. The molecule has 4 aliphatic heterocycles. The van der Waals surface area contributed by atoms with Gasteiger partial charge in [-0.05, 0) is 111 Å². The predicted octanol–water partition coefficient (Wildman–Crippen LogP) is 6.12. The molecule has 2 aliphatic carbocycles. The molecule has 6 atom stereocenters. The maximum Gasteiger partial charge on any atom is 0.264 e. The minimum atomic E-state index is -3.93. The molecule has 3 fully saturated rings. The molecule has 2 aromatic carbocycles. The number of amides is 1. The zero-order chi connectivity index (χ0) is 35.5. The largest absolute Gasteiger partial charge is 0.490 e. The lowest BCUT2D eigenvalue weighted by molar-refractivity contribution is -0.249. The summed E-state index contributed by atoms with van der Waals surface area (Å²) in [5.41, 5.74) is 3.38. The molecule has 2 saturated heterocycles. The van der Waals surface area contributed by atoms with Crippen molar-refractivity contribution in [1.29, 1.82) is 0 Å². The highest BCUT2D eigenvalue weighted by atomic mass is 35.5. The van der Waals surface area contributed by atoms with E-state index >= 15 is 0 Å². The van der Waals surface area contributed by atoms with Crippen LogP contribution in [0.15, 0.2) is 36.4 Å². The summed E-state index contributed by atoms with van der Waals surface area (Å²) in [7, 11) is -3.93. The molecule has 51 heavy (non-hydrogen) atoms. The molecule has 4 heterocycles. The number of halogens is 2. The zero-order valence-electron chi connectivity index (χ0n) is 29.7. The maximum absolute atomic E-state index is 13.6. The van der Waals surface area contributed by atoms with Crippen LogP contribution < -0.4 is 14.4 Å². The third kappa shape index (κ3) is 6.91. The highest BCUT2D eigenvalue weighted by molar-refractivity contribution is 7.90. The summed E-state index contributed by atoms with van der Waals surface area (Å²) >= 11 is 6.47. The van der Waals surface area contributed by atoms with Gasteiger partial charge in [0.1, 0.15) is 11.9 Å². The second kappa shape index (κ2) is 14.1. The lowest BCUT2D eigenvalue weighted by atomic mass is 9.64. The minimum absolute atomic E-state index is 0.0742. The SMILES string of the molecule is C[C@@H]1[C@@H](C)CCC[C@H](C2OCC(N3CC(F)C3)CO2)[C@@H]2CC[C@H]2CN2C[C@@]3(CCCc4cc(Cl)ccc43)COc3ccc(cc32)C(=O)NS1(=O)=O. The van der Waals surface area contributed by atoms with E-state index in [9.17, 15) is 17.6 Å². The van der Waals surface area contributed by atoms with E-state index in [-0.39, 0.29) is 29.6 Å². The van der Waals surface area contributed by atoms with Crippen LogP contribution in [0.2, 0.25) is 5.02 Å². The van der Waals surface area contributed by atoms with E-state index in [4.69, 9.17) is 25.8 Å². The van der Waals surface area contributed by atoms with Crippen LogP contribution in [0.4, 0.5) is 10.1 Å². The third-order valence-electron chi connectivity index (χ3n) is 13.1. The Labute approximate surface area is 306 Å². The zero-order valence-corrected chi connectivity index (χ0v) is 31.3. The van der Waals surface area contributed by atoms with Crippen LogP contribution in [0.1, 0.15) is 80.3 Å². The van der Waals surface area contributed by atoms with Gasteiger partial charge >= 0.3 is 0 Å². The van der Waals surface area contributed by atoms with Crippen LogP contribution in [0.3, 0.4) is 0 Å². The Bertz CT molecular complexity index is 1730. The fraction of sp³-hybridized carbons (Fsp3) is 0.667. The monoisotopic (exact) mass is 743 g/mol. The first-order valence-corrected chi connectivity index (χ1v) is 20.9. The number of nitrogens with one attached hydrogen (secondary N) is 1. The number of anilines is 1. The molecular formula is C39H51ClFN3O6S. The topological polar surface area (TPSA) is 97.4 Å². The van der Waals surface area contributed by atoms with Crippen LogP contribution in [0, 0.1) is 23.7 Å². The van der Waals surface area contributed by atoms with Gasteiger partial charge < -0.3 is 19.1 Å². The van der Waals surface area contributed by atoms with Crippen molar-refractivity contribution >= 4 is 33.2 Å². The van der Waals surface area contributed by atoms with Crippen LogP contribution in [0.25, 0.3) is 0 Å². The van der Waals surface area contributed by atoms with Gasteiger partial charge in [0.25, 0.3) is 5.91 Å². The van der Waals surface area contributed by atoms with Gasteiger partial charge in [-0.3, -0.25) is 9.69 Å². The number of nitrogens with zero attached hydrogens (tertiary/aromatic N) is 2. The van der Waals surface area contributed by atoms with E-state index in [1.54, 1.807) is 13.0 Å². The summed E-state index contributed by atoms with van der Waals surface area (Å²) < 4.78 is 62.7. The molecule has 12 heteroatoms. The van der Waals surface area contributed by atoms with Crippen LogP contribution >= 0.6 is 11.6 Å². The summed E-state index contributed by atoms with van der Waals surface area (Å²) in [5, 5.41) is -0.00953. The summed E-state index contributed by atoms with van der Waals surface area (Å²) in [6, 6.07) is 11.6. The number of likely N-dealkylation sites (tertiary alicyclic amines) is 1. The van der Waals surface area contributed by atoms with Crippen molar-refractivity contribution in [2.45, 2.75) is 94.4 Å². The molecule has 1 N–H and O–H groups in total. The van der Waals surface area contributed by atoms with Crippen LogP contribution in [0.5, 0.6) is 5.75 Å². The first kappa shape index (κ1) is 35.6. The smallest absolute Gasteiger partial charge is 0.264 e. The van der Waals surface area contributed by atoms with E-state index in [0.29, 0.717) is 69.0 Å². The molecule has 1 spiro atoms. The molecule has 2 bridgehead atoms. The minimum Gasteiger partial charge on any atom is -0.490 e. The normalized spacial score (nSPS) is 36.0. The van der Waals surface area contributed by atoms with Crippen molar-refractivity contribution in [3.05, 3.63) is 58.1 Å². The average molecular weight is 744 g/mol. The summed E-state index contributed by atoms with van der Waals surface area (Å²) in [5.74, 6) is 0.826. The highest BCUT2D eigenvalue weighted by Gasteiger charge is 2.47. The van der Waals surface area contributed by atoms with E-state index < -0.39 is 27.4 Å². The second-order valence-corrected chi connectivity index (χ2v) is 18.8. The maximum atomic E-state index is 13.6. The van der Waals surface area contributed by atoms with E-state index in [0.717, 1.165) is 62.2 Å².